The van der Waals surface area contributed by atoms with Gasteiger partial charge in [-0.2, -0.15) is 13.2 Å². The lowest BCUT2D eigenvalue weighted by Crippen LogP contribution is -2.37. The van der Waals surface area contributed by atoms with E-state index in [2.05, 4.69) is 4.90 Å². The first-order valence-corrected chi connectivity index (χ1v) is 9.16. The van der Waals surface area contributed by atoms with Crippen LogP contribution in [-0.2, 0) is 11.0 Å². The molecular weight excluding hydrogens is 337 g/mol. The normalized spacial score (nSPS) is 25.7. The number of carbonyl (C=O) groups is 1. The van der Waals surface area contributed by atoms with Crippen LogP contribution in [0, 0.1) is 0 Å². The Labute approximate surface area is 144 Å². The van der Waals surface area contributed by atoms with Gasteiger partial charge in [0.05, 0.1) is 10.8 Å². The van der Waals surface area contributed by atoms with Crippen LogP contribution in [-0.4, -0.2) is 47.1 Å². The van der Waals surface area contributed by atoms with Crippen molar-refractivity contribution in [2.45, 2.75) is 36.6 Å². The van der Waals surface area contributed by atoms with E-state index in [4.69, 9.17) is 0 Å². The molecule has 1 aromatic rings. The molecule has 1 aromatic carbocycles. The van der Waals surface area contributed by atoms with Crippen molar-refractivity contribution < 1.29 is 18.0 Å². The number of rotatable bonds is 4. The van der Waals surface area contributed by atoms with Crippen molar-refractivity contribution in [1.29, 1.82) is 0 Å². The van der Waals surface area contributed by atoms with Gasteiger partial charge in [-0.05, 0) is 50.6 Å². The molecule has 0 bridgehead atoms. The maximum absolute atomic E-state index is 12.7. The van der Waals surface area contributed by atoms with Gasteiger partial charge in [0, 0.05) is 13.1 Å². The summed E-state index contributed by atoms with van der Waals surface area (Å²) in [6, 6.07) is 5.19. The quantitative estimate of drug-likeness (QED) is 0.819. The van der Waals surface area contributed by atoms with Crippen LogP contribution in [0.1, 0.15) is 36.3 Å². The van der Waals surface area contributed by atoms with E-state index >= 15 is 0 Å². The molecule has 2 saturated heterocycles. The fraction of sp³-hybridized carbons (Fsp3) is 0.588. The zero-order valence-corrected chi connectivity index (χ0v) is 14.4. The SMILES string of the molecule is C[C@@H]1S[C@H](c2ccc(C(F)(F)F)cc2)N(CCN2CCCC2)C1=O. The van der Waals surface area contributed by atoms with Gasteiger partial charge in [-0.3, -0.25) is 4.79 Å². The Morgan fingerprint density at radius 2 is 1.75 bits per heavy atom. The molecule has 0 radical (unpaired) electrons. The molecule has 3 nitrogen and oxygen atoms in total. The third kappa shape index (κ3) is 3.72. The number of amides is 1. The molecule has 24 heavy (non-hydrogen) atoms. The number of nitrogens with zero attached hydrogens (tertiary/aromatic N) is 2. The predicted octanol–water partition coefficient (Wildman–Crippen LogP) is 3.76. The van der Waals surface area contributed by atoms with E-state index in [-0.39, 0.29) is 16.5 Å². The number of hydrogen-bond acceptors (Lipinski definition) is 3. The molecule has 2 atom stereocenters. The molecule has 2 aliphatic heterocycles. The highest BCUT2D eigenvalue weighted by atomic mass is 32.2. The molecule has 0 N–H and O–H groups in total. The van der Waals surface area contributed by atoms with E-state index < -0.39 is 11.7 Å². The number of alkyl halides is 3. The number of carbonyl (C=O) groups excluding carboxylic acids is 1. The van der Waals surface area contributed by atoms with Crippen LogP contribution in [0.5, 0.6) is 0 Å². The zero-order chi connectivity index (χ0) is 17.3. The van der Waals surface area contributed by atoms with Gasteiger partial charge in [0.1, 0.15) is 5.37 Å². The summed E-state index contributed by atoms with van der Waals surface area (Å²) < 4.78 is 38.1. The van der Waals surface area contributed by atoms with Crippen molar-refractivity contribution in [1.82, 2.24) is 9.80 Å². The van der Waals surface area contributed by atoms with Crippen LogP contribution in [0.2, 0.25) is 0 Å². The minimum Gasteiger partial charge on any atom is -0.324 e. The Morgan fingerprint density at radius 3 is 2.33 bits per heavy atom. The van der Waals surface area contributed by atoms with Gasteiger partial charge in [0.2, 0.25) is 5.91 Å². The van der Waals surface area contributed by atoms with Gasteiger partial charge < -0.3 is 9.80 Å². The van der Waals surface area contributed by atoms with Gasteiger partial charge in [0.25, 0.3) is 0 Å². The number of benzene rings is 1. The van der Waals surface area contributed by atoms with Crippen LogP contribution < -0.4 is 0 Å². The van der Waals surface area contributed by atoms with Crippen molar-refractivity contribution in [2.24, 2.45) is 0 Å². The number of thioether (sulfide) groups is 1. The van der Waals surface area contributed by atoms with Gasteiger partial charge >= 0.3 is 6.18 Å². The minimum atomic E-state index is -4.33. The van der Waals surface area contributed by atoms with Crippen LogP contribution in [0.25, 0.3) is 0 Å². The molecule has 7 heteroatoms. The van der Waals surface area contributed by atoms with Crippen molar-refractivity contribution in [2.75, 3.05) is 26.2 Å². The maximum Gasteiger partial charge on any atom is 0.416 e. The highest BCUT2D eigenvalue weighted by Crippen LogP contribution is 2.43. The van der Waals surface area contributed by atoms with Crippen LogP contribution in [0.4, 0.5) is 13.2 Å². The Hall–Kier alpha value is -1.21. The molecule has 2 aliphatic rings. The lowest BCUT2D eigenvalue weighted by atomic mass is 10.1. The maximum atomic E-state index is 12.7. The summed E-state index contributed by atoms with van der Waals surface area (Å²) in [4.78, 5) is 16.6. The summed E-state index contributed by atoms with van der Waals surface area (Å²) in [6.07, 6.45) is -1.94. The fourth-order valence-corrected chi connectivity index (χ4v) is 4.56. The molecule has 2 heterocycles. The third-order valence-corrected chi connectivity index (χ3v) is 6.02. The van der Waals surface area contributed by atoms with Crippen LogP contribution in [0.15, 0.2) is 24.3 Å². The Balaban J connectivity index is 1.72. The standard InChI is InChI=1S/C17H21F3N2OS/c1-12-15(23)22(11-10-21-8-2-3-9-21)16(24-12)13-4-6-14(7-5-13)17(18,19)20/h4-7,12,16H,2-3,8-11H2,1H3/t12-,16+/m0/s1. The molecule has 132 valence electrons. The highest BCUT2D eigenvalue weighted by Gasteiger charge is 2.39. The molecule has 3 rings (SSSR count). The molecule has 0 saturated carbocycles. The summed E-state index contributed by atoms with van der Waals surface area (Å²) in [5.41, 5.74) is 0.101. The molecule has 0 aliphatic carbocycles. The second-order valence-electron chi connectivity index (χ2n) is 6.33. The van der Waals surface area contributed by atoms with E-state index in [0.717, 1.165) is 37.3 Å². The summed E-state index contributed by atoms with van der Waals surface area (Å²) in [6.45, 7) is 5.45. The monoisotopic (exact) mass is 358 g/mol. The van der Waals surface area contributed by atoms with Gasteiger partial charge in [-0.15, -0.1) is 11.8 Å². The number of likely N-dealkylation sites (tertiary alicyclic amines) is 1. The van der Waals surface area contributed by atoms with Crippen molar-refractivity contribution >= 4 is 17.7 Å². The van der Waals surface area contributed by atoms with E-state index in [1.165, 1.54) is 36.7 Å². The second kappa shape index (κ2) is 6.96. The highest BCUT2D eigenvalue weighted by molar-refractivity contribution is 8.01. The van der Waals surface area contributed by atoms with E-state index in [1.807, 2.05) is 11.8 Å². The van der Waals surface area contributed by atoms with E-state index in [0.29, 0.717) is 6.54 Å². The molecule has 0 aromatic heterocycles. The van der Waals surface area contributed by atoms with Crippen molar-refractivity contribution in [3.05, 3.63) is 35.4 Å². The molecule has 0 unspecified atom stereocenters. The Kier molecular flexibility index (Phi) is 5.11. The van der Waals surface area contributed by atoms with Crippen molar-refractivity contribution in [3.63, 3.8) is 0 Å². The average Bonchev–Trinajstić information content (AvgIpc) is 3.14. The average molecular weight is 358 g/mol. The topological polar surface area (TPSA) is 23.6 Å². The Morgan fingerprint density at radius 1 is 1.12 bits per heavy atom. The number of hydrogen-bond donors (Lipinski definition) is 0. The second-order valence-corrected chi connectivity index (χ2v) is 7.76. The minimum absolute atomic E-state index is 0.0732. The van der Waals surface area contributed by atoms with E-state index in [1.54, 1.807) is 0 Å². The summed E-state index contributed by atoms with van der Waals surface area (Å²) in [5.74, 6) is 0.0732. The summed E-state index contributed by atoms with van der Waals surface area (Å²) >= 11 is 1.51. The third-order valence-electron chi connectivity index (χ3n) is 4.63. The van der Waals surface area contributed by atoms with Gasteiger partial charge in [-0.25, -0.2) is 0 Å². The molecule has 0 spiro atoms. The van der Waals surface area contributed by atoms with Gasteiger partial charge in [0.15, 0.2) is 0 Å². The van der Waals surface area contributed by atoms with Crippen LogP contribution >= 0.6 is 11.8 Å². The number of halogens is 3. The lowest BCUT2D eigenvalue weighted by Gasteiger charge is -2.26. The smallest absolute Gasteiger partial charge is 0.324 e. The Bertz CT molecular complexity index is 584. The van der Waals surface area contributed by atoms with Crippen LogP contribution in [0.3, 0.4) is 0 Å². The molecule has 1 amide bonds. The zero-order valence-electron chi connectivity index (χ0n) is 13.6. The first-order chi connectivity index (χ1) is 11.4. The van der Waals surface area contributed by atoms with Crippen molar-refractivity contribution in [3.8, 4) is 0 Å². The largest absolute Gasteiger partial charge is 0.416 e. The molecular formula is C17H21F3N2OS. The summed E-state index contributed by atoms with van der Waals surface area (Å²) in [7, 11) is 0. The molecule has 2 fully saturated rings. The fourth-order valence-electron chi connectivity index (χ4n) is 3.25. The first kappa shape index (κ1) is 17.6. The first-order valence-electron chi connectivity index (χ1n) is 8.22. The predicted molar refractivity (Wildman–Crippen MR) is 88.6 cm³/mol. The van der Waals surface area contributed by atoms with E-state index in [9.17, 15) is 18.0 Å². The summed E-state index contributed by atoms with van der Waals surface area (Å²) in [5, 5.41) is -0.353. The lowest BCUT2D eigenvalue weighted by molar-refractivity contribution is -0.137. The van der Waals surface area contributed by atoms with Gasteiger partial charge in [-0.1, -0.05) is 12.1 Å².